The largest absolute Gasteiger partial charge is 0.362 e. The lowest BCUT2D eigenvalue weighted by atomic mass is 9.71. The molecule has 1 aliphatic carbocycles. The second-order valence-corrected chi connectivity index (χ2v) is 10.9. The van der Waals surface area contributed by atoms with Gasteiger partial charge < -0.3 is 10.6 Å². The van der Waals surface area contributed by atoms with Gasteiger partial charge in [-0.05, 0) is 74.9 Å². The van der Waals surface area contributed by atoms with E-state index in [2.05, 4.69) is 47.7 Å². The Morgan fingerprint density at radius 2 is 1.83 bits per heavy atom. The average molecular weight is 484 g/mol. The molecule has 2 aliphatic rings. The Morgan fingerprint density at radius 3 is 2.51 bits per heavy atom. The Balaban J connectivity index is 1.58. The summed E-state index contributed by atoms with van der Waals surface area (Å²) in [4.78, 5) is 34.0. The molecule has 1 aliphatic heterocycles. The summed E-state index contributed by atoms with van der Waals surface area (Å²) in [6, 6.07) is 16.1. The Hall–Kier alpha value is -3.51. The first-order valence-corrected chi connectivity index (χ1v) is 12.7. The van der Waals surface area contributed by atoms with Crippen LogP contribution in [0.4, 0.5) is 5.82 Å². The molecule has 2 N–H and O–H groups in total. The zero-order chi connectivity index (χ0) is 24.7. The summed E-state index contributed by atoms with van der Waals surface area (Å²) in [5, 5.41) is 6.44. The Kier molecular flexibility index (Phi) is 6.15. The van der Waals surface area contributed by atoms with Crippen LogP contribution in [-0.2, 0) is 9.59 Å². The molecule has 5 rings (SSSR count). The molecule has 0 saturated heterocycles. The van der Waals surface area contributed by atoms with E-state index in [0.717, 1.165) is 39.4 Å². The average Bonchev–Trinajstić information content (AvgIpc) is 3.16. The van der Waals surface area contributed by atoms with Crippen LogP contribution in [0, 0.1) is 20.8 Å². The van der Waals surface area contributed by atoms with Crippen molar-refractivity contribution in [2.24, 2.45) is 0 Å². The number of dihydropyridines is 1. The summed E-state index contributed by atoms with van der Waals surface area (Å²) < 4.78 is 0. The topological polar surface area (TPSA) is 71.1 Å². The van der Waals surface area contributed by atoms with Gasteiger partial charge in [-0.25, -0.2) is 4.98 Å². The van der Waals surface area contributed by atoms with E-state index in [-0.39, 0.29) is 17.6 Å². The SMILES string of the molecule is CC1=C(C(=O)Nc2cc(C)ccn2)C(c2cc(C)sc2C)C2=C(CC(c3ccccc3)CC2=O)N1. The highest BCUT2D eigenvalue weighted by atomic mass is 32.1. The maximum atomic E-state index is 13.7. The van der Waals surface area contributed by atoms with Gasteiger partial charge in [0, 0.05) is 50.8 Å². The van der Waals surface area contributed by atoms with Crippen molar-refractivity contribution in [2.45, 2.75) is 52.4 Å². The maximum absolute atomic E-state index is 13.7. The molecule has 2 unspecified atom stereocenters. The van der Waals surface area contributed by atoms with Gasteiger partial charge in [0.25, 0.3) is 5.91 Å². The summed E-state index contributed by atoms with van der Waals surface area (Å²) in [5.74, 6) is 0.107. The number of pyridine rings is 1. The fraction of sp³-hybridized carbons (Fsp3) is 0.276. The number of aryl methyl sites for hydroxylation is 3. The van der Waals surface area contributed by atoms with Gasteiger partial charge in [0.15, 0.2) is 5.78 Å². The van der Waals surface area contributed by atoms with Crippen LogP contribution in [0.15, 0.2) is 77.3 Å². The van der Waals surface area contributed by atoms with Crippen molar-refractivity contribution in [3.63, 3.8) is 0 Å². The summed E-state index contributed by atoms with van der Waals surface area (Å²) in [7, 11) is 0. The third kappa shape index (κ3) is 4.46. The number of nitrogens with zero attached hydrogens (tertiary/aromatic N) is 1. The number of anilines is 1. The molecule has 0 bridgehead atoms. The molecular formula is C29H29N3O2S. The zero-order valence-corrected chi connectivity index (χ0v) is 21.3. The number of carbonyl (C=O) groups is 2. The molecule has 2 atom stereocenters. The summed E-state index contributed by atoms with van der Waals surface area (Å²) in [6.07, 6.45) is 2.87. The molecule has 35 heavy (non-hydrogen) atoms. The number of allylic oxidation sites excluding steroid dienone is 3. The van der Waals surface area contributed by atoms with Crippen LogP contribution in [0.2, 0.25) is 0 Å². The molecule has 178 valence electrons. The molecule has 6 heteroatoms. The highest BCUT2D eigenvalue weighted by Gasteiger charge is 2.41. The van der Waals surface area contributed by atoms with E-state index in [0.29, 0.717) is 17.8 Å². The number of thiophene rings is 1. The quantitative estimate of drug-likeness (QED) is 0.473. The van der Waals surface area contributed by atoms with Gasteiger partial charge in [-0.15, -0.1) is 11.3 Å². The standard InChI is InChI=1S/C29H29N3O2S/c1-16-10-11-30-25(12-16)32-29(34)26-18(3)31-23-14-21(20-8-6-5-7-9-20)15-24(33)28(23)27(26)22-13-17(2)35-19(22)4/h5-13,21,27,31H,14-15H2,1-4H3,(H,30,32,34). The van der Waals surface area contributed by atoms with Crippen molar-refractivity contribution in [2.75, 3.05) is 5.32 Å². The fourth-order valence-corrected chi connectivity index (χ4v) is 6.30. The number of carbonyl (C=O) groups excluding carboxylic acids is 2. The van der Waals surface area contributed by atoms with Crippen LogP contribution in [0.1, 0.15) is 58.0 Å². The van der Waals surface area contributed by atoms with Crippen LogP contribution in [0.25, 0.3) is 0 Å². The highest BCUT2D eigenvalue weighted by Crippen LogP contribution is 2.47. The normalized spacial score (nSPS) is 19.9. The molecule has 0 radical (unpaired) electrons. The number of nitrogens with one attached hydrogen (secondary N) is 2. The van der Waals surface area contributed by atoms with E-state index >= 15 is 0 Å². The number of rotatable bonds is 4. The number of hydrogen-bond donors (Lipinski definition) is 2. The van der Waals surface area contributed by atoms with Crippen molar-refractivity contribution in [3.8, 4) is 0 Å². The van der Waals surface area contributed by atoms with E-state index in [1.54, 1.807) is 17.5 Å². The van der Waals surface area contributed by atoms with Crippen molar-refractivity contribution in [1.82, 2.24) is 10.3 Å². The van der Waals surface area contributed by atoms with E-state index in [1.807, 2.05) is 44.2 Å². The lowest BCUT2D eigenvalue weighted by Gasteiger charge is -2.37. The molecule has 0 saturated carbocycles. The molecule has 0 fully saturated rings. The minimum Gasteiger partial charge on any atom is -0.362 e. The Morgan fingerprint density at radius 1 is 1.06 bits per heavy atom. The monoisotopic (exact) mass is 483 g/mol. The third-order valence-electron chi connectivity index (χ3n) is 6.89. The molecule has 1 amide bonds. The van der Waals surface area contributed by atoms with Gasteiger partial charge in [0.05, 0.1) is 0 Å². The van der Waals surface area contributed by atoms with Crippen molar-refractivity contribution < 1.29 is 9.59 Å². The third-order valence-corrected chi connectivity index (χ3v) is 7.87. The molecule has 3 aromatic rings. The predicted octanol–water partition coefficient (Wildman–Crippen LogP) is 6.07. The van der Waals surface area contributed by atoms with Crippen LogP contribution in [-0.4, -0.2) is 16.7 Å². The summed E-state index contributed by atoms with van der Waals surface area (Å²) in [5.41, 5.74) is 6.25. The number of aromatic nitrogens is 1. The second kappa shape index (κ2) is 9.27. The van der Waals surface area contributed by atoms with Crippen LogP contribution < -0.4 is 10.6 Å². The molecule has 1 aromatic carbocycles. The maximum Gasteiger partial charge on any atom is 0.255 e. The van der Waals surface area contributed by atoms with Gasteiger partial charge in [0.1, 0.15) is 5.82 Å². The number of hydrogen-bond acceptors (Lipinski definition) is 5. The van der Waals surface area contributed by atoms with E-state index in [1.165, 1.54) is 10.4 Å². The van der Waals surface area contributed by atoms with E-state index in [9.17, 15) is 9.59 Å². The fourth-order valence-electron chi connectivity index (χ4n) is 5.34. The minimum atomic E-state index is -0.398. The second-order valence-electron chi connectivity index (χ2n) is 9.47. The van der Waals surface area contributed by atoms with Crippen molar-refractivity contribution in [3.05, 3.63) is 104 Å². The lowest BCUT2D eigenvalue weighted by molar-refractivity contribution is -0.116. The van der Waals surface area contributed by atoms with Crippen molar-refractivity contribution >= 4 is 28.8 Å². The number of amides is 1. The van der Waals surface area contributed by atoms with Crippen molar-refractivity contribution in [1.29, 1.82) is 0 Å². The van der Waals surface area contributed by atoms with Gasteiger partial charge >= 0.3 is 0 Å². The molecule has 5 nitrogen and oxygen atoms in total. The van der Waals surface area contributed by atoms with Crippen LogP contribution in [0.5, 0.6) is 0 Å². The van der Waals surface area contributed by atoms with Gasteiger partial charge in [0.2, 0.25) is 0 Å². The molecule has 2 aromatic heterocycles. The molecular weight excluding hydrogens is 454 g/mol. The molecule has 3 heterocycles. The first-order valence-electron chi connectivity index (χ1n) is 11.9. The van der Waals surface area contributed by atoms with E-state index in [4.69, 9.17) is 0 Å². The summed E-state index contributed by atoms with van der Waals surface area (Å²) >= 11 is 1.70. The van der Waals surface area contributed by atoms with Crippen LogP contribution >= 0.6 is 11.3 Å². The smallest absolute Gasteiger partial charge is 0.255 e. The molecule has 0 spiro atoms. The number of ketones is 1. The van der Waals surface area contributed by atoms with Gasteiger partial charge in [-0.2, -0.15) is 0 Å². The Bertz CT molecular complexity index is 1380. The number of benzene rings is 1. The first kappa shape index (κ1) is 23.2. The Labute approximate surface area is 210 Å². The number of Topliss-reactive ketones (excluding diaryl/α,β-unsaturated/α-hetero) is 1. The van der Waals surface area contributed by atoms with Gasteiger partial charge in [-0.3, -0.25) is 9.59 Å². The van der Waals surface area contributed by atoms with Gasteiger partial charge in [-0.1, -0.05) is 30.3 Å². The highest BCUT2D eigenvalue weighted by molar-refractivity contribution is 7.12. The first-order chi connectivity index (χ1) is 16.8. The van der Waals surface area contributed by atoms with E-state index < -0.39 is 5.92 Å². The zero-order valence-electron chi connectivity index (χ0n) is 20.4. The summed E-state index contributed by atoms with van der Waals surface area (Å²) in [6.45, 7) is 8.03. The lowest BCUT2D eigenvalue weighted by Crippen LogP contribution is -2.37. The predicted molar refractivity (Wildman–Crippen MR) is 140 cm³/mol. The van der Waals surface area contributed by atoms with Crippen LogP contribution in [0.3, 0.4) is 0 Å². The minimum absolute atomic E-state index is 0.104.